The predicted octanol–water partition coefficient (Wildman–Crippen LogP) is 4.23. The van der Waals surface area contributed by atoms with Gasteiger partial charge in [-0.25, -0.2) is 14.7 Å². The van der Waals surface area contributed by atoms with Gasteiger partial charge in [0.05, 0.1) is 36.4 Å². The summed E-state index contributed by atoms with van der Waals surface area (Å²) in [7, 11) is 0. The normalized spacial score (nSPS) is 10.2. The minimum Gasteiger partial charge on any atom is -0.310 e. The zero-order chi connectivity index (χ0) is 14.8. The number of benzene rings is 1. The first-order valence-corrected chi connectivity index (χ1v) is 6.44. The van der Waals surface area contributed by atoms with Crippen molar-refractivity contribution in [1.82, 2.24) is 14.5 Å². The van der Waals surface area contributed by atoms with Crippen LogP contribution in [0, 0.1) is 13.1 Å². The average Bonchev–Trinajstić information content (AvgIpc) is 2.83. The van der Waals surface area contributed by atoms with Crippen LogP contribution in [0.25, 0.3) is 20.7 Å². The number of hydrogen-bond acceptors (Lipinski definition) is 2. The van der Waals surface area contributed by atoms with Crippen LogP contribution in [0.3, 0.4) is 0 Å². The highest BCUT2D eigenvalue weighted by Crippen LogP contribution is 2.25. The molecule has 21 heavy (non-hydrogen) atoms. The fourth-order valence-corrected chi connectivity index (χ4v) is 2.28. The van der Waals surface area contributed by atoms with Crippen LogP contribution in [0.5, 0.6) is 0 Å². The van der Waals surface area contributed by atoms with E-state index in [2.05, 4.69) is 19.7 Å². The van der Waals surface area contributed by atoms with E-state index in [1.54, 1.807) is 34.9 Å². The molecule has 0 aliphatic rings. The maximum atomic E-state index is 7.08. The Morgan fingerprint density at radius 2 is 1.86 bits per heavy atom. The van der Waals surface area contributed by atoms with Gasteiger partial charge in [-0.3, -0.25) is 4.98 Å². The van der Waals surface area contributed by atoms with Gasteiger partial charge in [0.1, 0.15) is 0 Å². The standard InChI is InChI=1S/C15H8ClN5/c1-17-10-5-6-13-14(7-10)21(15(16)20-13)9-12-4-3-11(18-2)8-19-12/h3-8H,9H2. The Labute approximate surface area is 126 Å². The van der Waals surface area contributed by atoms with Gasteiger partial charge in [-0.15, -0.1) is 0 Å². The van der Waals surface area contributed by atoms with Crippen LogP contribution in [0.4, 0.5) is 11.4 Å². The molecule has 0 atom stereocenters. The maximum absolute atomic E-state index is 7.08. The molecular formula is C15H8ClN5. The van der Waals surface area contributed by atoms with Crippen molar-refractivity contribution in [3.05, 3.63) is 70.3 Å². The Balaban J connectivity index is 2.05. The lowest BCUT2D eigenvalue weighted by atomic mass is 10.2. The third kappa shape index (κ3) is 2.43. The monoisotopic (exact) mass is 293 g/mol. The Hall–Kier alpha value is -2.89. The van der Waals surface area contributed by atoms with Crippen LogP contribution in [-0.4, -0.2) is 14.5 Å². The second-order valence-corrected chi connectivity index (χ2v) is 4.71. The molecule has 0 saturated heterocycles. The van der Waals surface area contributed by atoms with Gasteiger partial charge >= 0.3 is 0 Å². The van der Waals surface area contributed by atoms with E-state index >= 15 is 0 Å². The van der Waals surface area contributed by atoms with Crippen molar-refractivity contribution in [2.75, 3.05) is 0 Å². The van der Waals surface area contributed by atoms with Crippen molar-refractivity contribution in [2.45, 2.75) is 6.54 Å². The van der Waals surface area contributed by atoms with Gasteiger partial charge in [-0.05, 0) is 29.8 Å². The summed E-state index contributed by atoms with van der Waals surface area (Å²) >= 11 is 6.17. The topological polar surface area (TPSA) is 39.4 Å². The molecular weight excluding hydrogens is 286 g/mol. The molecule has 0 aliphatic heterocycles. The molecule has 5 nitrogen and oxygen atoms in total. The SMILES string of the molecule is [C-]#[N+]c1ccc(Cn2c(Cl)nc3ccc([N+]#[C-])cc32)nc1. The van der Waals surface area contributed by atoms with Gasteiger partial charge < -0.3 is 4.57 Å². The lowest BCUT2D eigenvalue weighted by Gasteiger charge is -2.05. The van der Waals surface area contributed by atoms with Gasteiger partial charge in [0.15, 0.2) is 5.69 Å². The highest BCUT2D eigenvalue weighted by Gasteiger charge is 2.10. The molecule has 0 unspecified atom stereocenters. The van der Waals surface area contributed by atoms with E-state index in [1.165, 1.54) is 6.20 Å². The van der Waals surface area contributed by atoms with Crippen molar-refractivity contribution in [1.29, 1.82) is 0 Å². The minimum atomic E-state index is 0.350. The van der Waals surface area contributed by atoms with E-state index < -0.39 is 0 Å². The second kappa shape index (κ2) is 5.24. The molecule has 3 aromatic rings. The number of imidazole rings is 1. The van der Waals surface area contributed by atoms with E-state index in [9.17, 15) is 0 Å². The summed E-state index contributed by atoms with van der Waals surface area (Å²) in [6, 6.07) is 8.75. The lowest BCUT2D eigenvalue weighted by Crippen LogP contribution is -2.01. The highest BCUT2D eigenvalue weighted by atomic mass is 35.5. The molecule has 0 bridgehead atoms. The van der Waals surface area contributed by atoms with Gasteiger partial charge in [-0.1, -0.05) is 12.1 Å². The maximum Gasteiger partial charge on any atom is 0.205 e. The molecule has 0 amide bonds. The molecule has 0 radical (unpaired) electrons. The Morgan fingerprint density at radius 1 is 1.10 bits per heavy atom. The van der Waals surface area contributed by atoms with Crippen molar-refractivity contribution in [3.8, 4) is 0 Å². The van der Waals surface area contributed by atoms with Crippen molar-refractivity contribution >= 4 is 34.0 Å². The molecule has 2 aromatic heterocycles. The summed E-state index contributed by atoms with van der Waals surface area (Å²) in [6.45, 7) is 14.4. The molecule has 0 spiro atoms. The van der Waals surface area contributed by atoms with E-state index in [1.807, 2.05) is 0 Å². The fraction of sp³-hybridized carbons (Fsp3) is 0.0667. The fourth-order valence-electron chi connectivity index (χ4n) is 2.04. The Morgan fingerprint density at radius 3 is 2.52 bits per heavy atom. The van der Waals surface area contributed by atoms with Gasteiger partial charge in [0.2, 0.25) is 11.0 Å². The summed E-state index contributed by atoms with van der Waals surface area (Å²) in [5.74, 6) is 0. The lowest BCUT2D eigenvalue weighted by molar-refractivity contribution is 0.799. The van der Waals surface area contributed by atoms with Crippen LogP contribution in [0.15, 0.2) is 36.5 Å². The molecule has 1 aromatic carbocycles. The quantitative estimate of drug-likeness (QED) is 0.663. The van der Waals surface area contributed by atoms with Crippen molar-refractivity contribution in [3.63, 3.8) is 0 Å². The number of aromatic nitrogens is 3. The van der Waals surface area contributed by atoms with Gasteiger partial charge in [-0.2, -0.15) is 0 Å². The summed E-state index contributed by atoms with van der Waals surface area (Å²) in [4.78, 5) is 15.2. The van der Waals surface area contributed by atoms with Gasteiger partial charge in [0, 0.05) is 6.20 Å². The molecule has 0 aliphatic carbocycles. The number of hydrogen-bond donors (Lipinski definition) is 0. The first kappa shape index (κ1) is 13.1. The van der Waals surface area contributed by atoms with Crippen LogP contribution in [-0.2, 0) is 6.54 Å². The van der Waals surface area contributed by atoms with Crippen LogP contribution >= 0.6 is 11.6 Å². The van der Waals surface area contributed by atoms with E-state index in [0.717, 1.165) is 16.7 Å². The highest BCUT2D eigenvalue weighted by molar-refractivity contribution is 6.29. The summed E-state index contributed by atoms with van der Waals surface area (Å²) in [5, 5.41) is 0.350. The molecule has 0 fully saturated rings. The smallest absolute Gasteiger partial charge is 0.205 e. The first-order valence-electron chi connectivity index (χ1n) is 6.07. The largest absolute Gasteiger partial charge is 0.310 e. The molecule has 100 valence electrons. The number of rotatable bonds is 2. The summed E-state index contributed by atoms with van der Waals surface area (Å²) < 4.78 is 1.80. The van der Waals surface area contributed by atoms with E-state index in [4.69, 9.17) is 24.7 Å². The molecule has 0 N–H and O–H groups in total. The zero-order valence-electron chi connectivity index (χ0n) is 10.8. The number of nitrogens with zero attached hydrogens (tertiary/aromatic N) is 5. The second-order valence-electron chi connectivity index (χ2n) is 4.37. The Kier molecular flexibility index (Phi) is 3.27. The number of pyridine rings is 1. The van der Waals surface area contributed by atoms with Crippen molar-refractivity contribution in [2.24, 2.45) is 0 Å². The molecule has 3 rings (SSSR count). The third-order valence-electron chi connectivity index (χ3n) is 3.07. The minimum absolute atomic E-state index is 0.350. The third-order valence-corrected chi connectivity index (χ3v) is 3.36. The van der Waals surface area contributed by atoms with Crippen LogP contribution in [0.2, 0.25) is 5.28 Å². The first-order chi connectivity index (χ1) is 10.2. The van der Waals surface area contributed by atoms with E-state index in [0.29, 0.717) is 23.2 Å². The van der Waals surface area contributed by atoms with Crippen LogP contribution in [0.1, 0.15) is 5.69 Å². The zero-order valence-corrected chi connectivity index (χ0v) is 11.5. The van der Waals surface area contributed by atoms with E-state index in [-0.39, 0.29) is 0 Å². The van der Waals surface area contributed by atoms with Gasteiger partial charge in [0.25, 0.3) is 0 Å². The number of halogens is 1. The summed E-state index contributed by atoms with van der Waals surface area (Å²) in [5.41, 5.74) is 3.35. The molecule has 6 heteroatoms. The Bertz CT molecular complexity index is 897. The van der Waals surface area contributed by atoms with Crippen LogP contribution < -0.4 is 0 Å². The number of fused-ring (bicyclic) bond motifs is 1. The predicted molar refractivity (Wildman–Crippen MR) is 80.6 cm³/mol. The summed E-state index contributed by atoms with van der Waals surface area (Å²) in [6.07, 6.45) is 1.53. The average molecular weight is 294 g/mol. The molecule has 2 heterocycles. The molecule has 0 saturated carbocycles. The van der Waals surface area contributed by atoms with Crippen molar-refractivity contribution < 1.29 is 0 Å².